The molecule has 1 aromatic rings. The van der Waals surface area contributed by atoms with E-state index in [-0.39, 0.29) is 0 Å². The van der Waals surface area contributed by atoms with Gasteiger partial charge in [-0.05, 0) is 28.7 Å². The fourth-order valence-electron chi connectivity index (χ4n) is 0.371. The SMILES string of the molecule is Ic1ccc[nH+]c1. The first-order chi connectivity index (χ1) is 3.39. The third-order valence-corrected chi connectivity index (χ3v) is 1.34. The monoisotopic (exact) mass is 206 g/mol. The summed E-state index contributed by atoms with van der Waals surface area (Å²) in [6.45, 7) is 0. The van der Waals surface area contributed by atoms with Crippen LogP contribution in [0.25, 0.3) is 0 Å². The summed E-state index contributed by atoms with van der Waals surface area (Å²) in [5.41, 5.74) is 0. The molecule has 0 aliphatic rings. The molecule has 0 bridgehead atoms. The van der Waals surface area contributed by atoms with Crippen LogP contribution in [0.1, 0.15) is 0 Å². The number of nitrogens with one attached hydrogen (secondary N) is 1. The molecular weight excluding hydrogens is 201 g/mol. The van der Waals surface area contributed by atoms with Crippen molar-refractivity contribution in [2.24, 2.45) is 0 Å². The molecule has 36 valence electrons. The minimum Gasteiger partial charge on any atom is -0.217 e. The molecule has 7 heavy (non-hydrogen) atoms. The molecule has 0 unspecified atom stereocenters. The molecule has 0 saturated carbocycles. The zero-order valence-corrected chi connectivity index (χ0v) is 5.84. The van der Waals surface area contributed by atoms with Gasteiger partial charge in [-0.2, -0.15) is 0 Å². The fraction of sp³-hybridized carbons (Fsp3) is 0. The molecule has 0 amide bonds. The van der Waals surface area contributed by atoms with Crippen molar-refractivity contribution >= 4 is 22.6 Å². The lowest BCUT2D eigenvalue weighted by atomic mass is 10.5. The molecular formula is C5H5IN+. The van der Waals surface area contributed by atoms with Gasteiger partial charge in [0.05, 0.1) is 3.57 Å². The highest BCUT2D eigenvalue weighted by molar-refractivity contribution is 14.1. The molecule has 1 N–H and O–H groups in total. The van der Waals surface area contributed by atoms with E-state index in [1.165, 1.54) is 3.57 Å². The molecule has 0 aliphatic carbocycles. The minimum atomic E-state index is 1.24. The largest absolute Gasteiger partial charge is 0.217 e. The standard InChI is InChI=1S/C5H4IN/c6-5-2-1-3-7-4-5/h1-4H/p+1. The normalized spacial score (nSPS) is 8.71. The maximum Gasteiger partial charge on any atom is 0.180 e. The number of H-pyrrole nitrogens is 1. The number of aromatic nitrogens is 1. The lowest BCUT2D eigenvalue weighted by Gasteiger charge is -1.74. The summed E-state index contributed by atoms with van der Waals surface area (Å²) >= 11 is 2.25. The average molecular weight is 206 g/mol. The smallest absolute Gasteiger partial charge is 0.180 e. The topological polar surface area (TPSA) is 14.1 Å². The molecule has 0 atom stereocenters. The number of pyridine rings is 1. The summed E-state index contributed by atoms with van der Waals surface area (Å²) in [5, 5.41) is 0. The third-order valence-electron chi connectivity index (χ3n) is 0.669. The van der Waals surface area contributed by atoms with E-state index in [1.807, 2.05) is 24.5 Å². The lowest BCUT2D eigenvalue weighted by Crippen LogP contribution is -1.97. The van der Waals surface area contributed by atoms with E-state index in [1.54, 1.807) is 0 Å². The van der Waals surface area contributed by atoms with Crippen LogP contribution >= 0.6 is 22.6 Å². The molecule has 0 saturated heterocycles. The first kappa shape index (κ1) is 5.03. The van der Waals surface area contributed by atoms with Crippen molar-refractivity contribution in [3.8, 4) is 0 Å². The Hall–Kier alpha value is -0.120. The summed E-state index contributed by atoms with van der Waals surface area (Å²) in [6.07, 6.45) is 3.84. The first-order valence-corrected chi connectivity index (χ1v) is 3.09. The van der Waals surface area contributed by atoms with Crippen molar-refractivity contribution in [3.05, 3.63) is 28.1 Å². The van der Waals surface area contributed by atoms with Gasteiger partial charge < -0.3 is 0 Å². The average Bonchev–Trinajstić information content (AvgIpc) is 1.69. The van der Waals surface area contributed by atoms with Gasteiger partial charge in [0.2, 0.25) is 0 Å². The zero-order chi connectivity index (χ0) is 5.11. The minimum absolute atomic E-state index is 1.24. The summed E-state index contributed by atoms with van der Waals surface area (Å²) in [5.74, 6) is 0. The molecule has 1 rings (SSSR count). The van der Waals surface area contributed by atoms with E-state index in [9.17, 15) is 0 Å². The Labute approximate surface area is 55.9 Å². The van der Waals surface area contributed by atoms with E-state index in [2.05, 4.69) is 27.6 Å². The number of hydrogen-bond donors (Lipinski definition) is 0. The summed E-state index contributed by atoms with van der Waals surface area (Å²) in [6, 6.07) is 4.01. The van der Waals surface area contributed by atoms with Gasteiger partial charge in [-0.25, -0.2) is 4.98 Å². The number of halogens is 1. The van der Waals surface area contributed by atoms with Gasteiger partial charge in [-0.1, -0.05) is 0 Å². The number of hydrogen-bond acceptors (Lipinski definition) is 0. The molecule has 0 spiro atoms. The van der Waals surface area contributed by atoms with Crippen LogP contribution in [-0.4, -0.2) is 0 Å². The van der Waals surface area contributed by atoms with Crippen LogP contribution in [0.4, 0.5) is 0 Å². The van der Waals surface area contributed by atoms with Gasteiger partial charge in [0, 0.05) is 6.07 Å². The maximum atomic E-state index is 2.95. The number of aromatic amines is 1. The Bertz CT molecular complexity index is 138. The third kappa shape index (κ3) is 1.43. The van der Waals surface area contributed by atoms with E-state index in [0.29, 0.717) is 0 Å². The Morgan fingerprint density at radius 2 is 2.43 bits per heavy atom. The van der Waals surface area contributed by atoms with Crippen LogP contribution in [0.2, 0.25) is 0 Å². The predicted octanol–water partition coefficient (Wildman–Crippen LogP) is 1.11. The van der Waals surface area contributed by atoms with Crippen molar-refractivity contribution in [1.82, 2.24) is 0 Å². The second-order valence-corrected chi connectivity index (χ2v) is 2.47. The molecule has 0 radical (unpaired) electrons. The summed E-state index contributed by atoms with van der Waals surface area (Å²) in [7, 11) is 0. The van der Waals surface area contributed by atoms with Crippen LogP contribution < -0.4 is 4.98 Å². The Kier molecular flexibility index (Phi) is 1.62. The van der Waals surface area contributed by atoms with E-state index < -0.39 is 0 Å². The highest BCUT2D eigenvalue weighted by atomic mass is 127. The quantitative estimate of drug-likeness (QED) is 0.564. The Morgan fingerprint density at radius 1 is 1.57 bits per heavy atom. The lowest BCUT2D eigenvalue weighted by molar-refractivity contribution is -0.378. The van der Waals surface area contributed by atoms with Crippen LogP contribution in [0.3, 0.4) is 0 Å². The van der Waals surface area contributed by atoms with E-state index in [4.69, 9.17) is 0 Å². The molecule has 1 heterocycles. The molecule has 0 aliphatic heterocycles. The van der Waals surface area contributed by atoms with Gasteiger partial charge in [-0.15, -0.1) is 0 Å². The first-order valence-electron chi connectivity index (χ1n) is 2.01. The van der Waals surface area contributed by atoms with Crippen molar-refractivity contribution in [1.29, 1.82) is 0 Å². The Morgan fingerprint density at radius 3 is 2.71 bits per heavy atom. The van der Waals surface area contributed by atoms with Crippen molar-refractivity contribution in [2.75, 3.05) is 0 Å². The van der Waals surface area contributed by atoms with Gasteiger partial charge in [-0.3, -0.25) is 0 Å². The van der Waals surface area contributed by atoms with E-state index >= 15 is 0 Å². The van der Waals surface area contributed by atoms with Gasteiger partial charge in [0.1, 0.15) is 0 Å². The van der Waals surface area contributed by atoms with Gasteiger partial charge >= 0.3 is 0 Å². The molecule has 1 nitrogen and oxygen atoms in total. The fourth-order valence-corrected chi connectivity index (χ4v) is 0.759. The number of rotatable bonds is 0. The highest BCUT2D eigenvalue weighted by Crippen LogP contribution is 1.95. The summed E-state index contributed by atoms with van der Waals surface area (Å²) in [4.78, 5) is 2.95. The van der Waals surface area contributed by atoms with Crippen molar-refractivity contribution in [2.45, 2.75) is 0 Å². The Balaban J connectivity index is 3.02. The second-order valence-electron chi connectivity index (χ2n) is 1.22. The molecule has 0 fully saturated rings. The zero-order valence-electron chi connectivity index (χ0n) is 3.69. The van der Waals surface area contributed by atoms with Crippen LogP contribution in [-0.2, 0) is 0 Å². The van der Waals surface area contributed by atoms with Crippen molar-refractivity contribution < 1.29 is 4.98 Å². The second kappa shape index (κ2) is 2.26. The van der Waals surface area contributed by atoms with Crippen LogP contribution in [0.15, 0.2) is 24.5 Å². The maximum absolute atomic E-state index is 2.95. The molecule has 0 aromatic carbocycles. The van der Waals surface area contributed by atoms with E-state index in [0.717, 1.165) is 0 Å². The van der Waals surface area contributed by atoms with Gasteiger partial charge in [0.25, 0.3) is 0 Å². The van der Waals surface area contributed by atoms with Gasteiger partial charge in [0.15, 0.2) is 12.4 Å². The van der Waals surface area contributed by atoms with Crippen molar-refractivity contribution in [3.63, 3.8) is 0 Å². The predicted molar refractivity (Wildman–Crippen MR) is 35.7 cm³/mol. The highest BCUT2D eigenvalue weighted by Gasteiger charge is 1.81. The van der Waals surface area contributed by atoms with Crippen LogP contribution in [0, 0.1) is 3.57 Å². The molecule has 2 heteroatoms. The van der Waals surface area contributed by atoms with Crippen LogP contribution in [0.5, 0.6) is 0 Å². The molecule has 1 aromatic heterocycles. The summed E-state index contributed by atoms with van der Waals surface area (Å²) < 4.78 is 1.24.